The van der Waals surface area contributed by atoms with Crippen LogP contribution in [0, 0.1) is 5.41 Å². The number of nitrogens with one attached hydrogen (secondary N) is 1. The molecule has 0 bridgehead atoms. The summed E-state index contributed by atoms with van der Waals surface area (Å²) < 4.78 is 4.94. The predicted molar refractivity (Wildman–Crippen MR) is 39.0 cm³/mol. The zero-order chi connectivity index (χ0) is 6.69. The molecular weight excluding hydrogens is 136 g/mol. The Hall–Kier alpha value is -0.220. The summed E-state index contributed by atoms with van der Waals surface area (Å²) in [6.07, 6.45) is 0. The van der Waals surface area contributed by atoms with Crippen molar-refractivity contribution in [3.63, 3.8) is 0 Å². The van der Waals surface area contributed by atoms with Crippen molar-refractivity contribution in [2.75, 3.05) is 19.0 Å². The lowest BCUT2D eigenvalue weighted by atomic mass is 10.4. The van der Waals surface area contributed by atoms with E-state index in [0.717, 1.165) is 13.2 Å². The van der Waals surface area contributed by atoms with Gasteiger partial charge in [-0.3, -0.25) is 5.41 Å². The van der Waals surface area contributed by atoms with Gasteiger partial charge < -0.3 is 10.5 Å². The van der Waals surface area contributed by atoms with Gasteiger partial charge in [0, 0.05) is 0 Å². The molecule has 1 aliphatic heterocycles. The van der Waals surface area contributed by atoms with Crippen LogP contribution in [0.1, 0.15) is 0 Å². The van der Waals surface area contributed by atoms with Crippen LogP contribution in [0.3, 0.4) is 0 Å². The van der Waals surface area contributed by atoms with Crippen molar-refractivity contribution in [3.05, 3.63) is 0 Å². The monoisotopic (exact) mass is 146 g/mol. The minimum atomic E-state index is 0.256. The molecule has 9 heavy (non-hydrogen) atoms. The first-order valence-corrected chi connectivity index (χ1v) is 3.86. The minimum Gasteiger partial charge on any atom is -0.387 e. The molecule has 1 saturated heterocycles. The van der Waals surface area contributed by atoms with E-state index in [0.29, 0.717) is 11.0 Å². The van der Waals surface area contributed by atoms with Crippen molar-refractivity contribution in [2.24, 2.45) is 5.73 Å². The lowest BCUT2D eigenvalue weighted by Crippen LogP contribution is -2.31. The van der Waals surface area contributed by atoms with Gasteiger partial charge in [0.05, 0.1) is 24.2 Å². The van der Waals surface area contributed by atoms with Gasteiger partial charge in [-0.05, 0) is 0 Å². The molecule has 1 rings (SSSR count). The summed E-state index contributed by atoms with van der Waals surface area (Å²) in [6.45, 7) is 1.66. The first kappa shape index (κ1) is 6.89. The Balaban J connectivity index is 1.97. The summed E-state index contributed by atoms with van der Waals surface area (Å²) in [4.78, 5) is 0. The summed E-state index contributed by atoms with van der Waals surface area (Å²) in [5, 5.41) is 7.49. The highest BCUT2D eigenvalue weighted by atomic mass is 32.2. The average molecular weight is 146 g/mol. The van der Waals surface area contributed by atoms with Gasteiger partial charge in [0.25, 0.3) is 0 Å². The number of amidine groups is 1. The van der Waals surface area contributed by atoms with E-state index in [1.54, 1.807) is 11.8 Å². The summed E-state index contributed by atoms with van der Waals surface area (Å²) >= 11 is 1.70. The molecule has 0 radical (unpaired) electrons. The fourth-order valence-corrected chi connectivity index (χ4v) is 1.32. The van der Waals surface area contributed by atoms with E-state index in [2.05, 4.69) is 0 Å². The molecular formula is C5H10N2OS. The highest BCUT2D eigenvalue weighted by Gasteiger charge is 2.18. The normalized spacial score (nSPS) is 19.1. The largest absolute Gasteiger partial charge is 0.387 e. The second kappa shape index (κ2) is 3.08. The zero-order valence-electron chi connectivity index (χ0n) is 5.09. The maximum absolute atomic E-state index is 6.90. The number of thioether (sulfide) groups is 1. The first-order valence-electron chi connectivity index (χ1n) is 2.81. The topological polar surface area (TPSA) is 59.1 Å². The van der Waals surface area contributed by atoms with E-state index in [-0.39, 0.29) is 5.84 Å². The molecule has 0 saturated carbocycles. The lowest BCUT2D eigenvalue weighted by molar-refractivity contribution is 0.0456. The standard InChI is InChI=1S/C5H10N2OS/c6-5(7)3-9-4-1-8-2-4/h4H,1-3H2,(H3,6,7). The zero-order valence-corrected chi connectivity index (χ0v) is 5.91. The van der Waals surface area contributed by atoms with Crippen molar-refractivity contribution in [1.29, 1.82) is 5.41 Å². The van der Waals surface area contributed by atoms with E-state index in [9.17, 15) is 0 Å². The van der Waals surface area contributed by atoms with Crippen LogP contribution in [-0.2, 0) is 4.74 Å². The second-order valence-corrected chi connectivity index (χ2v) is 3.28. The van der Waals surface area contributed by atoms with Crippen molar-refractivity contribution < 1.29 is 4.74 Å². The van der Waals surface area contributed by atoms with Gasteiger partial charge in [0.15, 0.2) is 0 Å². The molecule has 4 heteroatoms. The van der Waals surface area contributed by atoms with Crippen molar-refractivity contribution in [3.8, 4) is 0 Å². The fraction of sp³-hybridized carbons (Fsp3) is 0.800. The van der Waals surface area contributed by atoms with E-state index >= 15 is 0 Å². The number of ether oxygens (including phenoxy) is 1. The third-order valence-electron chi connectivity index (χ3n) is 1.08. The third-order valence-corrected chi connectivity index (χ3v) is 2.30. The Morgan fingerprint density at radius 2 is 2.44 bits per heavy atom. The molecule has 3 nitrogen and oxygen atoms in total. The summed E-state index contributed by atoms with van der Waals surface area (Å²) in [7, 11) is 0. The summed E-state index contributed by atoms with van der Waals surface area (Å²) in [5.41, 5.74) is 5.14. The van der Waals surface area contributed by atoms with Crippen LogP contribution in [0.15, 0.2) is 0 Å². The molecule has 0 aromatic rings. The molecule has 0 aliphatic carbocycles. The average Bonchev–Trinajstić information content (AvgIpc) is 1.60. The molecule has 52 valence electrons. The first-order chi connectivity index (χ1) is 4.29. The van der Waals surface area contributed by atoms with E-state index < -0.39 is 0 Å². The Kier molecular flexibility index (Phi) is 2.36. The van der Waals surface area contributed by atoms with Crippen molar-refractivity contribution in [2.45, 2.75) is 5.25 Å². The molecule has 0 aromatic carbocycles. The van der Waals surface area contributed by atoms with Gasteiger partial charge in [-0.2, -0.15) is 0 Å². The Labute approximate surface area is 58.5 Å². The van der Waals surface area contributed by atoms with E-state index in [1.807, 2.05) is 0 Å². The predicted octanol–water partition coefficient (Wildman–Crippen LogP) is 0.0544. The van der Waals surface area contributed by atoms with Crippen LogP contribution in [0.2, 0.25) is 0 Å². The van der Waals surface area contributed by atoms with Crippen LogP contribution in [0.4, 0.5) is 0 Å². The van der Waals surface area contributed by atoms with E-state index in [4.69, 9.17) is 15.9 Å². The van der Waals surface area contributed by atoms with E-state index in [1.165, 1.54) is 0 Å². The number of hydrogen-bond donors (Lipinski definition) is 2. The molecule has 0 unspecified atom stereocenters. The number of hydrogen-bond acceptors (Lipinski definition) is 3. The Morgan fingerprint density at radius 3 is 2.78 bits per heavy atom. The van der Waals surface area contributed by atoms with Crippen LogP contribution in [0.25, 0.3) is 0 Å². The number of nitrogens with two attached hydrogens (primary N) is 1. The van der Waals surface area contributed by atoms with Crippen LogP contribution in [-0.4, -0.2) is 30.1 Å². The maximum Gasteiger partial charge on any atom is 0.101 e. The fourth-order valence-electron chi connectivity index (χ4n) is 0.518. The smallest absolute Gasteiger partial charge is 0.101 e. The molecule has 1 fully saturated rings. The molecule has 0 atom stereocenters. The summed E-state index contributed by atoms with van der Waals surface area (Å²) in [6, 6.07) is 0. The lowest BCUT2D eigenvalue weighted by Gasteiger charge is -2.24. The van der Waals surface area contributed by atoms with Gasteiger partial charge >= 0.3 is 0 Å². The SMILES string of the molecule is N=C(N)CSC1COC1. The summed E-state index contributed by atoms with van der Waals surface area (Å²) in [5.74, 6) is 0.903. The van der Waals surface area contributed by atoms with Gasteiger partial charge in [-0.15, -0.1) is 11.8 Å². The number of rotatable bonds is 3. The van der Waals surface area contributed by atoms with Crippen molar-refractivity contribution >= 4 is 17.6 Å². The quantitative estimate of drug-likeness (QED) is 0.437. The molecule has 1 heterocycles. The van der Waals surface area contributed by atoms with Gasteiger partial charge in [-0.25, -0.2) is 0 Å². The van der Waals surface area contributed by atoms with Crippen LogP contribution >= 0.6 is 11.8 Å². The van der Waals surface area contributed by atoms with Crippen LogP contribution < -0.4 is 5.73 Å². The van der Waals surface area contributed by atoms with Crippen molar-refractivity contribution in [1.82, 2.24) is 0 Å². The molecule has 0 amide bonds. The maximum atomic E-state index is 6.90. The Bertz CT molecular complexity index is 114. The molecule has 1 aliphatic rings. The highest BCUT2D eigenvalue weighted by Crippen LogP contribution is 2.17. The highest BCUT2D eigenvalue weighted by molar-refractivity contribution is 8.00. The molecule has 3 N–H and O–H groups in total. The van der Waals surface area contributed by atoms with Gasteiger partial charge in [0.1, 0.15) is 5.84 Å². The Morgan fingerprint density at radius 1 is 1.78 bits per heavy atom. The minimum absolute atomic E-state index is 0.256. The van der Waals surface area contributed by atoms with Gasteiger partial charge in [0.2, 0.25) is 0 Å². The molecule has 0 aromatic heterocycles. The second-order valence-electron chi connectivity index (χ2n) is 2.00. The van der Waals surface area contributed by atoms with Gasteiger partial charge in [-0.1, -0.05) is 0 Å². The third kappa shape index (κ3) is 2.24. The molecule has 0 spiro atoms. The van der Waals surface area contributed by atoms with Crippen LogP contribution in [0.5, 0.6) is 0 Å².